The Morgan fingerprint density at radius 3 is 0.969 bits per heavy atom. The van der Waals surface area contributed by atoms with Crippen molar-refractivity contribution in [2.24, 2.45) is 0 Å². The van der Waals surface area contributed by atoms with Gasteiger partial charge in [-0.05, 0) is 44.9 Å². The van der Waals surface area contributed by atoms with E-state index in [0.29, 0.717) is 6.42 Å². The van der Waals surface area contributed by atoms with Crippen molar-refractivity contribution >= 4 is 5.91 Å². The fourth-order valence-electron chi connectivity index (χ4n) is 14.4. The van der Waals surface area contributed by atoms with Crippen LogP contribution in [0.2, 0.25) is 0 Å². The Morgan fingerprint density at radius 1 is 0.357 bits per heavy atom. The van der Waals surface area contributed by atoms with E-state index in [4.69, 9.17) is 18.9 Å². The molecule has 9 N–H and O–H groups in total. The standard InChI is InChI=1S/C84H161NO13/c1-3-5-7-9-11-13-15-17-19-21-23-25-27-29-31-33-34-35-36-37-38-40-42-44-46-48-50-52-54-56-58-60-62-64-66-68-76(89)85-72(71-95-83-81(94)79(92)82(75(70-87)97-83)98-84-80(93)78(91)77(90)74(69-86)96-84)73(88)67-65-63-61-59-57-55-53-51-49-47-45-43-41-39-32-30-28-26-24-22-20-18-16-14-12-10-8-6-4-2/h21,23,65,67,72-75,77-84,86-88,90-94H,3-20,22,24-64,66,68-71H2,1-2H3,(H,85,89)/b23-21-,67-65+. The Morgan fingerprint density at radius 2 is 0.643 bits per heavy atom. The maximum Gasteiger partial charge on any atom is 0.220 e. The third-order valence-electron chi connectivity index (χ3n) is 21.1. The highest BCUT2D eigenvalue weighted by atomic mass is 16.7. The molecule has 98 heavy (non-hydrogen) atoms. The summed E-state index contributed by atoms with van der Waals surface area (Å²) in [6, 6.07) is -0.914. The number of carbonyl (C=O) groups excluding carboxylic acids is 1. The fraction of sp³-hybridized carbons (Fsp3) is 0.940. The second-order valence-corrected chi connectivity index (χ2v) is 30.3. The van der Waals surface area contributed by atoms with Crippen molar-refractivity contribution in [3.63, 3.8) is 0 Å². The van der Waals surface area contributed by atoms with E-state index in [-0.39, 0.29) is 18.9 Å². The molecule has 2 rings (SSSR count). The van der Waals surface area contributed by atoms with Gasteiger partial charge in [0.1, 0.15) is 48.8 Å². The molecule has 0 radical (unpaired) electrons. The lowest BCUT2D eigenvalue weighted by atomic mass is 9.97. The summed E-state index contributed by atoms with van der Waals surface area (Å²) in [5.74, 6) is -0.229. The number of amides is 1. The average molecular weight is 1390 g/mol. The molecule has 12 unspecified atom stereocenters. The molecule has 1 amide bonds. The number of rotatable bonds is 73. The van der Waals surface area contributed by atoms with Gasteiger partial charge in [0, 0.05) is 6.42 Å². The van der Waals surface area contributed by atoms with Crippen molar-refractivity contribution in [2.75, 3.05) is 19.8 Å². The van der Waals surface area contributed by atoms with Crippen molar-refractivity contribution in [3.05, 3.63) is 24.3 Å². The summed E-state index contributed by atoms with van der Waals surface area (Å²) in [5, 5.41) is 87.8. The maximum atomic E-state index is 13.4. The molecule has 14 heteroatoms. The molecule has 0 spiro atoms. The lowest BCUT2D eigenvalue weighted by Gasteiger charge is -2.46. The Labute approximate surface area is 602 Å². The van der Waals surface area contributed by atoms with Gasteiger partial charge in [-0.25, -0.2) is 0 Å². The number of unbranched alkanes of at least 4 members (excludes halogenated alkanes) is 58. The lowest BCUT2D eigenvalue weighted by Crippen LogP contribution is -2.65. The van der Waals surface area contributed by atoms with Crippen LogP contribution >= 0.6 is 0 Å². The van der Waals surface area contributed by atoms with E-state index in [0.717, 1.165) is 38.5 Å². The molecule has 0 aliphatic carbocycles. The Kier molecular flexibility index (Phi) is 64.8. The molecule has 0 aromatic rings. The number of hydrogen-bond acceptors (Lipinski definition) is 13. The quantitative estimate of drug-likeness (QED) is 0.0204. The Balaban J connectivity index is 1.58. The highest BCUT2D eigenvalue weighted by Crippen LogP contribution is 2.31. The van der Waals surface area contributed by atoms with E-state index >= 15 is 0 Å². The first-order chi connectivity index (χ1) is 48.1. The van der Waals surface area contributed by atoms with Gasteiger partial charge in [-0.15, -0.1) is 0 Å². The van der Waals surface area contributed by atoms with E-state index in [1.807, 2.05) is 6.08 Å². The molecular formula is C84H161NO13. The molecule has 2 aliphatic heterocycles. The number of ether oxygens (including phenoxy) is 4. The summed E-state index contributed by atoms with van der Waals surface area (Å²) in [4.78, 5) is 13.4. The number of aliphatic hydroxyl groups excluding tert-OH is 8. The number of carbonyl (C=O) groups is 1. The first-order valence-corrected chi connectivity index (χ1v) is 42.6. The van der Waals surface area contributed by atoms with Crippen LogP contribution in [0, 0.1) is 0 Å². The minimum absolute atomic E-state index is 0.229. The maximum absolute atomic E-state index is 13.4. The van der Waals surface area contributed by atoms with Crippen molar-refractivity contribution in [2.45, 2.75) is 485 Å². The third-order valence-corrected chi connectivity index (χ3v) is 21.1. The van der Waals surface area contributed by atoms with Crippen molar-refractivity contribution < 1.29 is 64.6 Å². The van der Waals surface area contributed by atoms with Crippen LogP contribution in [0.5, 0.6) is 0 Å². The minimum Gasteiger partial charge on any atom is -0.394 e. The molecule has 12 atom stereocenters. The molecule has 0 aromatic carbocycles. The lowest BCUT2D eigenvalue weighted by molar-refractivity contribution is -0.359. The molecule has 2 heterocycles. The second-order valence-electron chi connectivity index (χ2n) is 30.3. The van der Waals surface area contributed by atoms with Gasteiger partial charge in [0.05, 0.1) is 32.0 Å². The Bertz CT molecular complexity index is 1740. The zero-order valence-electron chi connectivity index (χ0n) is 63.8. The first kappa shape index (κ1) is 92.6. The minimum atomic E-state index is -1.79. The number of hydrogen-bond donors (Lipinski definition) is 9. The normalized spacial score (nSPS) is 22.1. The van der Waals surface area contributed by atoms with Gasteiger partial charge in [0.25, 0.3) is 0 Å². The highest BCUT2D eigenvalue weighted by Gasteiger charge is 2.51. The third kappa shape index (κ3) is 50.8. The van der Waals surface area contributed by atoms with Crippen LogP contribution in [0.1, 0.15) is 412 Å². The van der Waals surface area contributed by atoms with Gasteiger partial charge in [-0.3, -0.25) is 4.79 Å². The molecule has 2 saturated heterocycles. The van der Waals surface area contributed by atoms with Crippen LogP contribution in [-0.4, -0.2) is 140 Å². The van der Waals surface area contributed by atoms with E-state index < -0.39 is 86.8 Å². The number of nitrogens with one attached hydrogen (secondary N) is 1. The summed E-state index contributed by atoms with van der Waals surface area (Å²) >= 11 is 0. The predicted octanol–water partition coefficient (Wildman–Crippen LogP) is 19.8. The summed E-state index contributed by atoms with van der Waals surface area (Å²) in [5.41, 5.74) is 0. The smallest absolute Gasteiger partial charge is 0.220 e. The Hall–Kier alpha value is -1.53. The van der Waals surface area contributed by atoms with Crippen molar-refractivity contribution in [1.29, 1.82) is 0 Å². The number of aliphatic hydroxyl groups is 8. The van der Waals surface area contributed by atoms with Crippen LogP contribution in [-0.2, 0) is 23.7 Å². The van der Waals surface area contributed by atoms with Crippen LogP contribution in [0.4, 0.5) is 0 Å². The predicted molar refractivity (Wildman–Crippen MR) is 406 cm³/mol. The van der Waals surface area contributed by atoms with Gasteiger partial charge in [0.15, 0.2) is 12.6 Å². The SMILES string of the molecule is CCCCCCCCCC/C=C\CCCCCCCCCCCCCCCCCCCCCCCCCC(=O)NC(COC1OC(CO)C(OC2OC(CO)C(O)C(O)C2O)C(O)C1O)C(O)/C=C/CCCCCCCCCCCCCCCCCCCCCCCCCCCCC. The summed E-state index contributed by atoms with van der Waals surface area (Å²) in [6.45, 7) is 2.88. The molecule has 0 aromatic heterocycles. The first-order valence-electron chi connectivity index (χ1n) is 42.6. The van der Waals surface area contributed by atoms with Crippen molar-refractivity contribution in [3.8, 4) is 0 Å². The zero-order chi connectivity index (χ0) is 70.8. The fourth-order valence-corrected chi connectivity index (χ4v) is 14.4. The van der Waals surface area contributed by atoms with E-state index in [9.17, 15) is 45.6 Å². The average Bonchev–Trinajstić information content (AvgIpc) is 0.797. The van der Waals surface area contributed by atoms with Crippen LogP contribution in [0.15, 0.2) is 24.3 Å². The van der Waals surface area contributed by atoms with Crippen molar-refractivity contribution in [1.82, 2.24) is 5.32 Å². The largest absolute Gasteiger partial charge is 0.394 e. The summed E-state index contributed by atoms with van der Waals surface area (Å²) in [7, 11) is 0. The molecule has 0 saturated carbocycles. The van der Waals surface area contributed by atoms with Gasteiger partial charge in [-0.1, -0.05) is 385 Å². The van der Waals surface area contributed by atoms with Gasteiger partial charge in [0.2, 0.25) is 5.91 Å². The molecule has 2 fully saturated rings. The molecule has 2 aliphatic rings. The van der Waals surface area contributed by atoms with E-state index in [2.05, 4.69) is 31.3 Å². The molecular weight excluding hydrogens is 1230 g/mol. The monoisotopic (exact) mass is 1390 g/mol. The highest BCUT2D eigenvalue weighted by molar-refractivity contribution is 5.76. The summed E-state index contributed by atoms with van der Waals surface area (Å²) in [6.07, 6.45) is 72.8. The van der Waals surface area contributed by atoms with Gasteiger partial charge in [-0.2, -0.15) is 0 Å². The summed E-state index contributed by atoms with van der Waals surface area (Å²) < 4.78 is 22.9. The molecule has 14 nitrogen and oxygen atoms in total. The topological polar surface area (TPSA) is 228 Å². The molecule has 580 valence electrons. The van der Waals surface area contributed by atoms with Crippen LogP contribution in [0.3, 0.4) is 0 Å². The van der Waals surface area contributed by atoms with Gasteiger partial charge >= 0.3 is 0 Å². The second kappa shape index (κ2) is 68.6. The molecule has 0 bridgehead atoms. The van der Waals surface area contributed by atoms with Crippen LogP contribution in [0.25, 0.3) is 0 Å². The van der Waals surface area contributed by atoms with E-state index in [1.165, 1.54) is 347 Å². The van der Waals surface area contributed by atoms with E-state index in [1.54, 1.807) is 6.08 Å². The van der Waals surface area contributed by atoms with Crippen LogP contribution < -0.4 is 5.32 Å². The zero-order valence-corrected chi connectivity index (χ0v) is 63.8. The number of allylic oxidation sites excluding steroid dienone is 3. The van der Waals surface area contributed by atoms with Gasteiger partial charge < -0.3 is 65.1 Å².